The first-order valence-electron chi connectivity index (χ1n) is 9.94. The molecule has 1 aliphatic rings. The Morgan fingerprint density at radius 2 is 1.77 bits per heavy atom. The van der Waals surface area contributed by atoms with Crippen molar-refractivity contribution in [2.45, 2.75) is 25.2 Å². The standard InChI is InChI=1S/C21H27N3O5S/c1-17-7-8-20(15-18(17)2)29-14-4-9-22-10-12-23(13-11-22)30(27,28)21-6-3-5-19(16-21)24(25)26/h3,5-8,15-16H,4,9-14H2,1-2H3. The van der Waals surface area contributed by atoms with E-state index >= 15 is 0 Å². The SMILES string of the molecule is Cc1ccc(OCCCN2CCN(S(=O)(=O)c3cccc([N+](=O)[O-])c3)CC2)cc1C. The van der Waals surface area contributed by atoms with E-state index in [2.05, 4.69) is 18.7 Å². The summed E-state index contributed by atoms with van der Waals surface area (Å²) in [5.41, 5.74) is 2.22. The summed E-state index contributed by atoms with van der Waals surface area (Å²) in [6.07, 6.45) is 0.852. The van der Waals surface area contributed by atoms with Crippen LogP contribution >= 0.6 is 0 Å². The van der Waals surface area contributed by atoms with Gasteiger partial charge < -0.3 is 9.64 Å². The van der Waals surface area contributed by atoms with Gasteiger partial charge in [-0.05, 0) is 49.6 Å². The molecule has 1 saturated heterocycles. The molecule has 1 fully saturated rings. The van der Waals surface area contributed by atoms with Crippen LogP contribution in [0.3, 0.4) is 0 Å². The maximum Gasteiger partial charge on any atom is 0.270 e. The highest BCUT2D eigenvalue weighted by molar-refractivity contribution is 7.89. The molecular formula is C21H27N3O5S. The third-order valence-electron chi connectivity index (χ3n) is 5.36. The third-order valence-corrected chi connectivity index (χ3v) is 7.26. The lowest BCUT2D eigenvalue weighted by Crippen LogP contribution is -2.48. The van der Waals surface area contributed by atoms with Crippen LogP contribution in [0.4, 0.5) is 5.69 Å². The summed E-state index contributed by atoms with van der Waals surface area (Å²) in [4.78, 5) is 12.5. The van der Waals surface area contributed by atoms with E-state index in [0.717, 1.165) is 24.8 Å². The number of sulfonamides is 1. The van der Waals surface area contributed by atoms with Crippen LogP contribution in [0.15, 0.2) is 47.4 Å². The van der Waals surface area contributed by atoms with Gasteiger partial charge in [-0.2, -0.15) is 4.31 Å². The van der Waals surface area contributed by atoms with Crippen molar-refractivity contribution >= 4 is 15.7 Å². The molecule has 0 saturated carbocycles. The molecule has 9 heteroatoms. The van der Waals surface area contributed by atoms with Crippen molar-refractivity contribution in [2.24, 2.45) is 0 Å². The van der Waals surface area contributed by atoms with E-state index in [9.17, 15) is 18.5 Å². The molecule has 0 aromatic heterocycles. The van der Waals surface area contributed by atoms with Gasteiger partial charge in [0, 0.05) is 44.9 Å². The number of hydrogen-bond acceptors (Lipinski definition) is 6. The largest absolute Gasteiger partial charge is 0.494 e. The highest BCUT2D eigenvalue weighted by Gasteiger charge is 2.29. The van der Waals surface area contributed by atoms with E-state index < -0.39 is 14.9 Å². The zero-order chi connectivity index (χ0) is 21.7. The number of piperazine rings is 1. The third kappa shape index (κ3) is 5.35. The van der Waals surface area contributed by atoms with Gasteiger partial charge in [-0.3, -0.25) is 10.1 Å². The zero-order valence-corrected chi connectivity index (χ0v) is 18.1. The normalized spacial score (nSPS) is 15.8. The number of aryl methyl sites for hydroxylation is 2. The maximum atomic E-state index is 12.8. The van der Waals surface area contributed by atoms with Gasteiger partial charge in [0.15, 0.2) is 0 Å². The van der Waals surface area contributed by atoms with Gasteiger partial charge in [-0.25, -0.2) is 8.42 Å². The molecule has 0 radical (unpaired) electrons. The van der Waals surface area contributed by atoms with E-state index in [-0.39, 0.29) is 10.6 Å². The monoisotopic (exact) mass is 433 g/mol. The Bertz CT molecular complexity index is 1000. The number of non-ortho nitro benzene ring substituents is 1. The van der Waals surface area contributed by atoms with E-state index in [4.69, 9.17) is 4.74 Å². The Balaban J connectivity index is 1.46. The minimum Gasteiger partial charge on any atom is -0.494 e. The highest BCUT2D eigenvalue weighted by Crippen LogP contribution is 2.22. The van der Waals surface area contributed by atoms with E-state index in [1.807, 2.05) is 18.2 Å². The van der Waals surface area contributed by atoms with Crippen molar-refractivity contribution in [3.8, 4) is 5.75 Å². The smallest absolute Gasteiger partial charge is 0.270 e. The second-order valence-electron chi connectivity index (χ2n) is 7.45. The molecule has 0 spiro atoms. The van der Waals surface area contributed by atoms with Crippen molar-refractivity contribution in [3.63, 3.8) is 0 Å². The summed E-state index contributed by atoms with van der Waals surface area (Å²) in [5, 5.41) is 10.9. The Hall–Kier alpha value is -2.49. The second kappa shape index (κ2) is 9.55. The fourth-order valence-electron chi connectivity index (χ4n) is 3.38. The first-order valence-corrected chi connectivity index (χ1v) is 11.4. The van der Waals surface area contributed by atoms with Gasteiger partial charge in [0.1, 0.15) is 5.75 Å². The van der Waals surface area contributed by atoms with Crippen molar-refractivity contribution < 1.29 is 18.1 Å². The Labute approximate surface area is 177 Å². The second-order valence-corrected chi connectivity index (χ2v) is 9.39. The van der Waals surface area contributed by atoms with Crippen molar-refractivity contribution in [3.05, 3.63) is 63.7 Å². The van der Waals surface area contributed by atoms with Gasteiger partial charge in [0.2, 0.25) is 10.0 Å². The molecule has 30 heavy (non-hydrogen) atoms. The summed E-state index contributed by atoms with van der Waals surface area (Å²) in [7, 11) is -3.73. The zero-order valence-electron chi connectivity index (χ0n) is 17.3. The molecule has 0 unspecified atom stereocenters. The first-order chi connectivity index (χ1) is 14.3. The Morgan fingerprint density at radius 1 is 1.03 bits per heavy atom. The van der Waals surface area contributed by atoms with Crippen LogP contribution in [-0.4, -0.2) is 61.9 Å². The summed E-state index contributed by atoms with van der Waals surface area (Å²) in [5.74, 6) is 0.867. The number of rotatable bonds is 8. The summed E-state index contributed by atoms with van der Waals surface area (Å²) in [6.45, 7) is 7.53. The van der Waals surface area contributed by atoms with Crippen LogP contribution in [0.1, 0.15) is 17.5 Å². The molecular weight excluding hydrogens is 406 g/mol. The lowest BCUT2D eigenvalue weighted by Gasteiger charge is -2.33. The molecule has 0 aliphatic carbocycles. The van der Waals surface area contributed by atoms with Crippen LogP contribution in [0, 0.1) is 24.0 Å². The molecule has 0 amide bonds. The molecule has 3 rings (SSSR count). The molecule has 0 bridgehead atoms. The number of hydrogen-bond donors (Lipinski definition) is 0. The Kier molecular flexibility index (Phi) is 7.06. The van der Waals surface area contributed by atoms with Gasteiger partial charge in [-0.15, -0.1) is 0 Å². The van der Waals surface area contributed by atoms with Crippen molar-refractivity contribution in [1.29, 1.82) is 0 Å². The minimum absolute atomic E-state index is 0.0352. The van der Waals surface area contributed by atoms with E-state index in [1.165, 1.54) is 33.6 Å². The molecule has 2 aromatic carbocycles. The molecule has 0 N–H and O–H groups in total. The number of benzene rings is 2. The topological polar surface area (TPSA) is 93.0 Å². The predicted molar refractivity (Wildman–Crippen MR) is 114 cm³/mol. The predicted octanol–water partition coefficient (Wildman–Crippen LogP) is 2.99. The van der Waals surface area contributed by atoms with E-state index in [1.54, 1.807) is 0 Å². The van der Waals surface area contributed by atoms with Crippen LogP contribution in [0.5, 0.6) is 5.75 Å². The quantitative estimate of drug-likeness (QED) is 0.361. The summed E-state index contributed by atoms with van der Waals surface area (Å²) in [6, 6.07) is 11.3. The molecule has 1 heterocycles. The van der Waals surface area contributed by atoms with Gasteiger partial charge in [0.05, 0.1) is 16.4 Å². The molecule has 162 valence electrons. The number of nitro groups is 1. The van der Waals surface area contributed by atoms with Crippen LogP contribution < -0.4 is 4.74 Å². The average Bonchev–Trinajstić information content (AvgIpc) is 2.74. The van der Waals surface area contributed by atoms with Gasteiger partial charge >= 0.3 is 0 Å². The lowest BCUT2D eigenvalue weighted by molar-refractivity contribution is -0.385. The average molecular weight is 434 g/mol. The fourth-order valence-corrected chi connectivity index (χ4v) is 4.84. The van der Waals surface area contributed by atoms with Crippen LogP contribution in [0.25, 0.3) is 0 Å². The maximum absolute atomic E-state index is 12.8. The van der Waals surface area contributed by atoms with Crippen LogP contribution in [-0.2, 0) is 10.0 Å². The van der Waals surface area contributed by atoms with Crippen LogP contribution in [0.2, 0.25) is 0 Å². The van der Waals surface area contributed by atoms with Gasteiger partial charge in [0.25, 0.3) is 5.69 Å². The van der Waals surface area contributed by atoms with E-state index in [0.29, 0.717) is 32.8 Å². The minimum atomic E-state index is -3.73. The first kappa shape index (κ1) is 22.2. The summed E-state index contributed by atoms with van der Waals surface area (Å²) >= 11 is 0. The molecule has 2 aromatic rings. The molecule has 0 atom stereocenters. The van der Waals surface area contributed by atoms with Gasteiger partial charge in [-0.1, -0.05) is 12.1 Å². The lowest BCUT2D eigenvalue weighted by atomic mass is 10.1. The van der Waals surface area contributed by atoms with Crippen molar-refractivity contribution in [2.75, 3.05) is 39.3 Å². The Morgan fingerprint density at radius 3 is 2.43 bits per heavy atom. The fraction of sp³-hybridized carbons (Fsp3) is 0.429. The number of nitro benzene ring substituents is 1. The molecule has 8 nitrogen and oxygen atoms in total. The summed E-state index contributed by atoms with van der Waals surface area (Å²) < 4.78 is 32.8. The molecule has 1 aliphatic heterocycles. The number of ether oxygens (including phenoxy) is 1. The van der Waals surface area contributed by atoms with Crippen molar-refractivity contribution in [1.82, 2.24) is 9.21 Å². The highest BCUT2D eigenvalue weighted by atomic mass is 32.2. The number of nitrogens with zero attached hydrogens (tertiary/aromatic N) is 3.